The van der Waals surface area contributed by atoms with Crippen molar-refractivity contribution >= 4 is 16.9 Å². The van der Waals surface area contributed by atoms with Crippen LogP contribution in [0.15, 0.2) is 41.2 Å². The van der Waals surface area contributed by atoms with Gasteiger partial charge in [-0.2, -0.15) is 10.2 Å². The van der Waals surface area contributed by atoms with E-state index >= 15 is 0 Å². The molecule has 2 aromatic heterocycles. The Morgan fingerprint density at radius 1 is 0.974 bits per heavy atom. The van der Waals surface area contributed by atoms with E-state index in [0.717, 1.165) is 32.5 Å². The number of anilines is 1. The minimum Gasteiger partial charge on any atom is -0.349 e. The lowest BCUT2D eigenvalue weighted by atomic mass is 9.96. The zero-order valence-electron chi connectivity index (χ0n) is 23.8. The Bertz CT molecular complexity index is 1390. The molecule has 206 valence electrons. The van der Waals surface area contributed by atoms with Gasteiger partial charge >= 0.3 is 5.69 Å². The number of hydrogen-bond acceptors (Lipinski definition) is 7. The third-order valence-electron chi connectivity index (χ3n) is 8.82. The predicted octanol–water partition coefficient (Wildman–Crippen LogP) is 4.63. The minimum atomic E-state index is -0.299. The maximum Gasteiger partial charge on any atom is 0.349 e. The summed E-state index contributed by atoms with van der Waals surface area (Å²) in [5, 5.41) is 9.48. The maximum atomic E-state index is 12.8. The van der Waals surface area contributed by atoms with Crippen LogP contribution in [0, 0.1) is 11.3 Å². The molecule has 2 aliphatic heterocycles. The first-order valence-electron chi connectivity index (χ1n) is 14.5. The summed E-state index contributed by atoms with van der Waals surface area (Å²) in [7, 11) is 1.71. The molecule has 0 amide bonds. The molecule has 2 saturated heterocycles. The van der Waals surface area contributed by atoms with E-state index in [0.29, 0.717) is 28.6 Å². The zero-order valence-corrected chi connectivity index (χ0v) is 23.8. The van der Waals surface area contributed by atoms with E-state index in [2.05, 4.69) is 75.8 Å². The summed E-state index contributed by atoms with van der Waals surface area (Å²) >= 11 is 0. The van der Waals surface area contributed by atoms with Crippen LogP contribution in [-0.4, -0.2) is 62.6 Å². The number of pyridine rings is 1. The highest BCUT2D eigenvalue weighted by Gasteiger charge is 2.36. The Hall–Kier alpha value is -3.28. The summed E-state index contributed by atoms with van der Waals surface area (Å²) in [6.45, 7) is 11.9. The minimum absolute atomic E-state index is 0.184. The molecule has 0 saturated carbocycles. The van der Waals surface area contributed by atoms with Crippen LogP contribution in [-0.2, 0) is 13.6 Å². The number of aryl methyl sites for hydroxylation is 1. The largest absolute Gasteiger partial charge is 0.349 e. The van der Waals surface area contributed by atoms with E-state index in [1.165, 1.54) is 48.0 Å². The molecule has 3 aromatic rings. The molecule has 0 N–H and O–H groups in total. The van der Waals surface area contributed by atoms with Gasteiger partial charge in [0.1, 0.15) is 17.3 Å². The second-order valence-corrected chi connectivity index (χ2v) is 11.2. The lowest BCUT2D eigenvalue weighted by Crippen LogP contribution is -2.59. The van der Waals surface area contributed by atoms with Crippen molar-refractivity contribution in [3.05, 3.63) is 63.7 Å². The molecule has 8 nitrogen and oxygen atoms in total. The van der Waals surface area contributed by atoms with Gasteiger partial charge in [-0.3, -0.25) is 14.4 Å². The second-order valence-electron chi connectivity index (χ2n) is 11.2. The van der Waals surface area contributed by atoms with E-state index in [4.69, 9.17) is 0 Å². The van der Waals surface area contributed by atoms with Crippen LogP contribution in [0.4, 0.5) is 5.82 Å². The first-order valence-corrected chi connectivity index (χ1v) is 14.5. The van der Waals surface area contributed by atoms with Gasteiger partial charge in [-0.15, -0.1) is 0 Å². The fourth-order valence-electron chi connectivity index (χ4n) is 6.36. The molecule has 0 bridgehead atoms. The van der Waals surface area contributed by atoms with Crippen LogP contribution < -0.4 is 10.6 Å². The summed E-state index contributed by atoms with van der Waals surface area (Å²) in [6, 6.07) is 15.6. The summed E-state index contributed by atoms with van der Waals surface area (Å²) < 4.78 is 1.51. The Kier molecular flexibility index (Phi) is 8.29. The monoisotopic (exact) mass is 527 g/mol. The van der Waals surface area contributed by atoms with Gasteiger partial charge in [-0.25, -0.2) is 9.78 Å². The van der Waals surface area contributed by atoms with Gasteiger partial charge in [0.25, 0.3) is 0 Å². The number of fused-ring (bicyclic) bond motifs is 1. The second kappa shape index (κ2) is 11.8. The predicted molar refractivity (Wildman–Crippen MR) is 156 cm³/mol. The number of nitrogens with zero attached hydrogens (tertiary/aromatic N) is 7. The van der Waals surface area contributed by atoms with Crippen molar-refractivity contribution in [3.63, 3.8) is 0 Å². The highest BCUT2D eigenvalue weighted by molar-refractivity contribution is 5.86. The van der Waals surface area contributed by atoms with Crippen LogP contribution in [0.5, 0.6) is 0 Å². The van der Waals surface area contributed by atoms with Crippen LogP contribution in [0.2, 0.25) is 0 Å². The third-order valence-corrected chi connectivity index (χ3v) is 8.82. The SMILES string of the molecule is CC[C@H]1CN(C(C)c2ccc(CN3CCCCC3)cc2)[C@H](CC)CN1c1nc(=O)n(C)c2ccc(C#N)nc12. The summed E-state index contributed by atoms with van der Waals surface area (Å²) in [4.78, 5) is 29.4. The fourth-order valence-corrected chi connectivity index (χ4v) is 6.36. The van der Waals surface area contributed by atoms with Crippen molar-refractivity contribution in [3.8, 4) is 6.07 Å². The molecule has 5 rings (SSSR count). The van der Waals surface area contributed by atoms with Crippen molar-refractivity contribution in [2.45, 2.75) is 77.5 Å². The van der Waals surface area contributed by atoms with Crippen molar-refractivity contribution in [1.29, 1.82) is 5.26 Å². The number of piperidine rings is 1. The molecular formula is C31H41N7O. The standard InChI is InChI=1S/C31H41N7O/c1-5-26-21-38(30-29-28(35(4)31(39)34-30)15-14-25(18-32)33-29)27(6-2)20-37(26)22(3)24-12-10-23(11-13-24)19-36-16-8-7-9-17-36/h10-15,22,26-27H,5-9,16-17,19-21H2,1-4H3/t22?,26-,27+/m1/s1. The molecule has 3 atom stereocenters. The first-order chi connectivity index (χ1) is 18.9. The molecule has 1 unspecified atom stereocenters. The molecule has 8 heteroatoms. The quantitative estimate of drug-likeness (QED) is 0.443. The van der Waals surface area contributed by atoms with Crippen molar-refractivity contribution in [2.75, 3.05) is 31.1 Å². The number of nitriles is 1. The topological polar surface area (TPSA) is 81.3 Å². The molecular weight excluding hydrogens is 486 g/mol. The van der Waals surface area contributed by atoms with E-state index < -0.39 is 0 Å². The van der Waals surface area contributed by atoms with Gasteiger partial charge in [0.05, 0.1) is 5.52 Å². The van der Waals surface area contributed by atoms with Gasteiger partial charge < -0.3 is 4.90 Å². The zero-order chi connectivity index (χ0) is 27.5. The molecule has 2 fully saturated rings. The lowest BCUT2D eigenvalue weighted by molar-refractivity contribution is 0.101. The number of benzene rings is 1. The van der Waals surface area contributed by atoms with Crippen LogP contribution >= 0.6 is 0 Å². The lowest BCUT2D eigenvalue weighted by Gasteiger charge is -2.49. The Balaban J connectivity index is 1.40. The molecule has 2 aliphatic rings. The van der Waals surface area contributed by atoms with Crippen molar-refractivity contribution in [2.24, 2.45) is 7.05 Å². The van der Waals surface area contributed by atoms with E-state index in [-0.39, 0.29) is 17.8 Å². The highest BCUT2D eigenvalue weighted by atomic mass is 16.1. The fraction of sp³-hybridized carbons (Fsp3) is 0.548. The Labute approximate surface area is 231 Å². The van der Waals surface area contributed by atoms with Gasteiger partial charge in [0.15, 0.2) is 5.82 Å². The molecule has 0 aliphatic carbocycles. The van der Waals surface area contributed by atoms with E-state index in [9.17, 15) is 10.1 Å². The molecule has 0 spiro atoms. The van der Waals surface area contributed by atoms with Gasteiger partial charge in [-0.05, 0) is 69.0 Å². The summed E-state index contributed by atoms with van der Waals surface area (Å²) in [5.74, 6) is 0.602. The number of hydrogen-bond donors (Lipinski definition) is 0. The first kappa shape index (κ1) is 27.3. The number of aromatic nitrogens is 3. The van der Waals surface area contributed by atoms with Crippen molar-refractivity contribution in [1.82, 2.24) is 24.3 Å². The average Bonchev–Trinajstić information content (AvgIpc) is 2.98. The van der Waals surface area contributed by atoms with Gasteiger partial charge in [0.2, 0.25) is 0 Å². The van der Waals surface area contributed by atoms with Crippen LogP contribution in [0.3, 0.4) is 0 Å². The number of piperazine rings is 1. The molecule has 1 aromatic carbocycles. The summed E-state index contributed by atoms with van der Waals surface area (Å²) in [6.07, 6.45) is 5.91. The number of rotatable bonds is 7. The smallest absolute Gasteiger partial charge is 0.349 e. The normalized spacial score (nSPS) is 21.7. The molecule has 4 heterocycles. The Morgan fingerprint density at radius 2 is 1.69 bits per heavy atom. The maximum absolute atomic E-state index is 12.8. The van der Waals surface area contributed by atoms with Crippen LogP contribution in [0.25, 0.3) is 11.0 Å². The van der Waals surface area contributed by atoms with E-state index in [1.807, 2.05) is 0 Å². The Morgan fingerprint density at radius 3 is 2.36 bits per heavy atom. The van der Waals surface area contributed by atoms with Gasteiger partial charge in [-0.1, -0.05) is 44.5 Å². The molecule has 0 radical (unpaired) electrons. The van der Waals surface area contributed by atoms with Crippen LogP contribution in [0.1, 0.15) is 75.7 Å². The van der Waals surface area contributed by atoms with E-state index in [1.54, 1.807) is 19.2 Å². The molecule has 39 heavy (non-hydrogen) atoms. The number of likely N-dealkylation sites (tertiary alicyclic amines) is 1. The third kappa shape index (κ3) is 5.57. The average molecular weight is 528 g/mol. The summed E-state index contributed by atoms with van der Waals surface area (Å²) in [5.41, 5.74) is 4.09. The van der Waals surface area contributed by atoms with Gasteiger partial charge in [0, 0.05) is 44.8 Å². The highest BCUT2D eigenvalue weighted by Crippen LogP contribution is 2.33. The van der Waals surface area contributed by atoms with Crippen molar-refractivity contribution < 1.29 is 0 Å².